The first kappa shape index (κ1) is 22.1. The topological polar surface area (TPSA) is 131 Å². The highest BCUT2D eigenvalue weighted by atomic mass is 32.2. The normalized spacial score (nSPS) is 11.3. The van der Waals surface area contributed by atoms with E-state index in [-0.39, 0.29) is 23.3 Å². The van der Waals surface area contributed by atoms with Crippen LogP contribution in [0, 0.1) is 0 Å². The minimum atomic E-state index is -3.45. The third-order valence-corrected chi connectivity index (χ3v) is 6.50. The third kappa shape index (κ3) is 7.07. The minimum Gasteiger partial charge on any atom is -0.497 e. The molecule has 1 aromatic heterocycles. The summed E-state index contributed by atoms with van der Waals surface area (Å²) in [5.74, 6) is -0.0157. The quantitative estimate of drug-likeness (QED) is 0.433. The number of sulfonamides is 1. The van der Waals surface area contributed by atoms with E-state index in [0.29, 0.717) is 15.8 Å². The number of ether oxygens (including phenoxy) is 1. The molecule has 0 unspecified atom stereocenters. The average molecular weight is 446 g/mol. The van der Waals surface area contributed by atoms with E-state index >= 15 is 0 Å². The summed E-state index contributed by atoms with van der Waals surface area (Å²) >= 11 is 2.26. The largest absolute Gasteiger partial charge is 0.497 e. The number of nitrogens with zero attached hydrogens (tertiary/aromatic N) is 3. The molecule has 0 atom stereocenters. The maximum absolute atomic E-state index is 12.0. The van der Waals surface area contributed by atoms with Gasteiger partial charge in [0.1, 0.15) is 5.75 Å². The first-order chi connectivity index (χ1) is 13.2. The predicted octanol–water partition coefficient (Wildman–Crippen LogP) is 1.11. The summed E-state index contributed by atoms with van der Waals surface area (Å²) in [5, 5.41) is 13.1. The van der Waals surface area contributed by atoms with Crippen LogP contribution in [0.1, 0.15) is 0 Å². The molecule has 1 aromatic carbocycles. The second-order valence-electron chi connectivity index (χ2n) is 5.51. The second-order valence-corrected chi connectivity index (χ2v) is 9.80. The average Bonchev–Trinajstić information content (AvgIpc) is 3.06. The van der Waals surface area contributed by atoms with Crippen molar-refractivity contribution in [2.24, 2.45) is 0 Å². The van der Waals surface area contributed by atoms with Crippen LogP contribution in [0.25, 0.3) is 0 Å². The maximum Gasteiger partial charge on any atom is 0.241 e. The van der Waals surface area contributed by atoms with Crippen LogP contribution < -0.4 is 15.4 Å². The molecule has 2 rings (SSSR count). The summed E-state index contributed by atoms with van der Waals surface area (Å²) in [7, 11) is -0.604. The van der Waals surface area contributed by atoms with Gasteiger partial charge in [-0.1, -0.05) is 29.2 Å². The van der Waals surface area contributed by atoms with Gasteiger partial charge in [0.25, 0.3) is 0 Å². The van der Waals surface area contributed by atoms with Crippen LogP contribution in [0.3, 0.4) is 0 Å². The molecule has 0 saturated carbocycles. The number of carbonyl (C=O) groups excluding carboxylic acids is 2. The molecule has 1 heterocycles. The molecule has 10 nitrogen and oxygen atoms in total. The highest BCUT2D eigenvalue weighted by Gasteiger charge is 2.17. The number of nitrogens with one attached hydrogen (secondary N) is 2. The van der Waals surface area contributed by atoms with Gasteiger partial charge in [0.15, 0.2) is 4.34 Å². The SMILES string of the molecule is COc1cccc(NC(=O)CSc2nnc(NC(=O)CN(C)S(C)(=O)=O)s2)c1. The monoisotopic (exact) mass is 445 g/mol. The molecule has 2 amide bonds. The zero-order chi connectivity index (χ0) is 20.7. The lowest BCUT2D eigenvalue weighted by molar-refractivity contribution is -0.116. The lowest BCUT2D eigenvalue weighted by Gasteiger charge is -2.12. The molecule has 0 aliphatic carbocycles. The Morgan fingerprint density at radius 2 is 2.00 bits per heavy atom. The molecule has 28 heavy (non-hydrogen) atoms. The Kier molecular flexibility index (Phi) is 7.74. The van der Waals surface area contributed by atoms with E-state index in [1.165, 1.54) is 18.8 Å². The van der Waals surface area contributed by atoms with E-state index in [4.69, 9.17) is 4.74 Å². The fraction of sp³-hybridized carbons (Fsp3) is 0.333. The zero-order valence-corrected chi connectivity index (χ0v) is 17.8. The molecule has 0 saturated heterocycles. The van der Waals surface area contributed by atoms with Crippen molar-refractivity contribution in [2.75, 3.05) is 43.3 Å². The Balaban J connectivity index is 1.82. The molecule has 0 aliphatic heterocycles. The van der Waals surface area contributed by atoms with Gasteiger partial charge in [-0.25, -0.2) is 8.42 Å². The Labute approximate surface area is 170 Å². The number of rotatable bonds is 9. The lowest BCUT2D eigenvalue weighted by atomic mass is 10.3. The van der Waals surface area contributed by atoms with Crippen LogP contribution in [0.15, 0.2) is 28.6 Å². The van der Waals surface area contributed by atoms with Gasteiger partial charge in [0.2, 0.25) is 27.0 Å². The van der Waals surface area contributed by atoms with Crippen LogP contribution >= 0.6 is 23.1 Å². The molecular formula is C15H19N5O5S3. The molecule has 0 spiro atoms. The standard InChI is InChI=1S/C15H19N5O5S3/c1-20(28(3,23)24)8-12(21)17-14-18-19-15(27-14)26-9-13(22)16-10-5-4-6-11(7-10)25-2/h4-7H,8-9H2,1-3H3,(H,16,22)(H,17,18,21). The van der Waals surface area contributed by atoms with Crippen molar-refractivity contribution in [2.45, 2.75) is 4.34 Å². The van der Waals surface area contributed by atoms with Crippen molar-refractivity contribution in [3.05, 3.63) is 24.3 Å². The number of anilines is 2. The summed E-state index contributed by atoms with van der Waals surface area (Å²) in [4.78, 5) is 23.9. The first-order valence-corrected chi connectivity index (χ1v) is 11.4. The Morgan fingerprint density at radius 1 is 1.25 bits per heavy atom. The summed E-state index contributed by atoms with van der Waals surface area (Å²) in [6.45, 7) is -0.330. The second kappa shape index (κ2) is 9.82. The van der Waals surface area contributed by atoms with Crippen molar-refractivity contribution in [3.8, 4) is 5.75 Å². The van der Waals surface area contributed by atoms with Crippen molar-refractivity contribution >= 4 is 55.8 Å². The molecule has 0 aliphatic rings. The van der Waals surface area contributed by atoms with E-state index in [1.54, 1.807) is 31.4 Å². The number of hydrogen-bond acceptors (Lipinski definition) is 9. The predicted molar refractivity (Wildman–Crippen MR) is 108 cm³/mol. The van der Waals surface area contributed by atoms with Crippen LogP contribution in [0.5, 0.6) is 5.75 Å². The molecular weight excluding hydrogens is 426 g/mol. The fourth-order valence-electron chi connectivity index (χ4n) is 1.82. The van der Waals surface area contributed by atoms with Gasteiger partial charge in [0.05, 0.1) is 25.7 Å². The summed E-state index contributed by atoms with van der Waals surface area (Å²) < 4.78 is 29.1. The minimum absolute atomic E-state index is 0.108. The van der Waals surface area contributed by atoms with Gasteiger partial charge in [-0.3, -0.25) is 14.9 Å². The van der Waals surface area contributed by atoms with Gasteiger partial charge in [0, 0.05) is 18.8 Å². The van der Waals surface area contributed by atoms with Gasteiger partial charge in [-0.15, -0.1) is 10.2 Å². The van der Waals surface area contributed by atoms with Crippen molar-refractivity contribution in [1.29, 1.82) is 0 Å². The highest BCUT2D eigenvalue weighted by molar-refractivity contribution is 8.01. The van der Waals surface area contributed by atoms with Crippen molar-refractivity contribution < 1.29 is 22.7 Å². The Hall–Kier alpha value is -2.22. The van der Waals surface area contributed by atoms with Gasteiger partial charge in [-0.2, -0.15) is 4.31 Å². The molecule has 2 N–H and O–H groups in total. The van der Waals surface area contributed by atoms with Crippen LogP contribution in [-0.4, -0.2) is 67.4 Å². The number of likely N-dealkylation sites (N-methyl/N-ethyl adjacent to an activating group) is 1. The summed E-state index contributed by atoms with van der Waals surface area (Å²) in [5.41, 5.74) is 0.616. The number of benzene rings is 1. The number of amides is 2. The van der Waals surface area contributed by atoms with Crippen LogP contribution in [0.2, 0.25) is 0 Å². The maximum atomic E-state index is 12.0. The third-order valence-electron chi connectivity index (χ3n) is 3.27. The highest BCUT2D eigenvalue weighted by Crippen LogP contribution is 2.25. The van der Waals surface area contributed by atoms with Crippen LogP contribution in [0.4, 0.5) is 10.8 Å². The van der Waals surface area contributed by atoms with Crippen LogP contribution in [-0.2, 0) is 19.6 Å². The summed E-state index contributed by atoms with van der Waals surface area (Å²) in [6.07, 6.45) is 1.01. The summed E-state index contributed by atoms with van der Waals surface area (Å²) in [6, 6.07) is 6.99. The number of aromatic nitrogens is 2. The van der Waals surface area contributed by atoms with Gasteiger partial charge < -0.3 is 10.1 Å². The fourth-order valence-corrected chi connectivity index (χ4v) is 3.74. The zero-order valence-electron chi connectivity index (χ0n) is 15.3. The Bertz CT molecular complexity index is 947. The molecule has 13 heteroatoms. The molecule has 2 aromatic rings. The number of hydrogen-bond donors (Lipinski definition) is 2. The number of methoxy groups -OCH3 is 1. The first-order valence-electron chi connectivity index (χ1n) is 7.78. The van der Waals surface area contributed by atoms with E-state index in [1.807, 2.05) is 0 Å². The van der Waals surface area contributed by atoms with Gasteiger partial charge >= 0.3 is 0 Å². The Morgan fingerprint density at radius 3 is 2.68 bits per heavy atom. The lowest BCUT2D eigenvalue weighted by Crippen LogP contribution is -2.34. The number of thioether (sulfide) groups is 1. The molecule has 0 fully saturated rings. The number of carbonyl (C=O) groups is 2. The van der Waals surface area contributed by atoms with E-state index in [0.717, 1.165) is 21.9 Å². The molecule has 0 bridgehead atoms. The van der Waals surface area contributed by atoms with Gasteiger partial charge in [-0.05, 0) is 12.1 Å². The van der Waals surface area contributed by atoms with E-state index < -0.39 is 15.9 Å². The van der Waals surface area contributed by atoms with E-state index in [2.05, 4.69) is 20.8 Å². The van der Waals surface area contributed by atoms with Crippen molar-refractivity contribution in [1.82, 2.24) is 14.5 Å². The van der Waals surface area contributed by atoms with E-state index in [9.17, 15) is 18.0 Å². The van der Waals surface area contributed by atoms with Crippen molar-refractivity contribution in [3.63, 3.8) is 0 Å². The molecule has 0 radical (unpaired) electrons. The smallest absolute Gasteiger partial charge is 0.241 e. The molecule has 152 valence electrons.